The summed E-state index contributed by atoms with van der Waals surface area (Å²) in [6.07, 6.45) is 4.71. The Hall–Kier alpha value is -3.48. The average Bonchev–Trinajstić information content (AvgIpc) is 3.06. The van der Waals surface area contributed by atoms with Crippen LogP contribution in [0.3, 0.4) is 0 Å². The van der Waals surface area contributed by atoms with Gasteiger partial charge in [0.1, 0.15) is 11.5 Å². The summed E-state index contributed by atoms with van der Waals surface area (Å²) in [5, 5.41) is 10.0. The van der Waals surface area contributed by atoms with Gasteiger partial charge < -0.3 is 9.84 Å². The zero-order valence-corrected chi connectivity index (χ0v) is 19.5. The first kappa shape index (κ1) is 22.3. The number of carbonyl (C=O) groups is 4. The van der Waals surface area contributed by atoms with Gasteiger partial charge in [0.2, 0.25) is 11.8 Å². The van der Waals surface area contributed by atoms with Gasteiger partial charge in [-0.1, -0.05) is 24.6 Å². The number of imide groups is 1. The molecule has 4 aliphatic rings. The third-order valence-corrected chi connectivity index (χ3v) is 7.63. The molecule has 1 fully saturated rings. The zero-order chi connectivity index (χ0) is 24.3. The Kier molecular flexibility index (Phi) is 5.30. The van der Waals surface area contributed by atoms with Crippen LogP contribution in [-0.2, 0) is 19.2 Å². The number of likely N-dealkylation sites (tertiary alicyclic amines) is 1. The van der Waals surface area contributed by atoms with E-state index in [1.165, 1.54) is 30.2 Å². The second kappa shape index (κ2) is 8.08. The molecule has 2 amide bonds. The SMILES string of the molecule is CCCN1C(=O)[C@H]2[C@H](CC=C3[C@H](c4ccc(O)cc4OC)C4=C(C[C@H]32)C(=O)C(C)=CC4=O)C1=O. The number of phenolic OH excluding ortho intramolecular Hbond substituents is 1. The number of amides is 2. The second-order valence-electron chi connectivity index (χ2n) is 9.48. The number of phenols is 1. The van der Waals surface area contributed by atoms with E-state index in [0.29, 0.717) is 47.4 Å². The lowest BCUT2D eigenvalue weighted by Gasteiger charge is -2.42. The van der Waals surface area contributed by atoms with Gasteiger partial charge >= 0.3 is 0 Å². The van der Waals surface area contributed by atoms with E-state index in [1.54, 1.807) is 13.0 Å². The topological polar surface area (TPSA) is 101 Å². The monoisotopic (exact) mass is 461 g/mol. The number of hydrogen-bond acceptors (Lipinski definition) is 6. The first-order chi connectivity index (χ1) is 16.3. The maximum Gasteiger partial charge on any atom is 0.233 e. The lowest BCUT2D eigenvalue weighted by Crippen LogP contribution is -2.40. The lowest BCUT2D eigenvalue weighted by molar-refractivity contribution is -0.140. The Morgan fingerprint density at radius 1 is 1.12 bits per heavy atom. The first-order valence-corrected chi connectivity index (χ1v) is 11.7. The average molecular weight is 462 g/mol. The molecule has 3 aliphatic carbocycles. The minimum Gasteiger partial charge on any atom is -0.508 e. The molecule has 5 rings (SSSR count). The zero-order valence-electron chi connectivity index (χ0n) is 19.5. The number of methoxy groups -OCH3 is 1. The van der Waals surface area contributed by atoms with Crippen LogP contribution in [0.25, 0.3) is 0 Å². The molecule has 7 heteroatoms. The van der Waals surface area contributed by atoms with Gasteiger partial charge in [-0.05, 0) is 44.2 Å². The van der Waals surface area contributed by atoms with E-state index < -0.39 is 17.8 Å². The molecule has 0 unspecified atom stereocenters. The van der Waals surface area contributed by atoms with Crippen LogP contribution in [-0.4, -0.2) is 47.0 Å². The molecule has 176 valence electrons. The van der Waals surface area contributed by atoms with Crippen LogP contribution in [0, 0.1) is 17.8 Å². The number of rotatable bonds is 4. The van der Waals surface area contributed by atoms with E-state index >= 15 is 0 Å². The first-order valence-electron chi connectivity index (χ1n) is 11.7. The molecule has 1 N–H and O–H groups in total. The Morgan fingerprint density at radius 3 is 2.59 bits per heavy atom. The van der Waals surface area contributed by atoms with Crippen molar-refractivity contribution < 1.29 is 29.0 Å². The van der Waals surface area contributed by atoms with Crippen LogP contribution in [0.4, 0.5) is 0 Å². The van der Waals surface area contributed by atoms with Crippen LogP contribution < -0.4 is 4.74 Å². The molecule has 1 aliphatic heterocycles. The highest BCUT2D eigenvalue weighted by Crippen LogP contribution is 2.56. The molecule has 1 saturated heterocycles. The van der Waals surface area contributed by atoms with E-state index in [1.807, 2.05) is 13.0 Å². The third-order valence-electron chi connectivity index (χ3n) is 7.63. The number of allylic oxidation sites excluding steroid dienone is 6. The maximum atomic E-state index is 13.4. The van der Waals surface area contributed by atoms with Crippen molar-refractivity contribution in [1.29, 1.82) is 0 Å². The van der Waals surface area contributed by atoms with Crippen molar-refractivity contribution >= 4 is 23.4 Å². The standard InChI is InChI=1S/C27H27NO6/c1-4-9-28-26(32)17-8-7-15-18(23(17)27(28)33)12-19-24(20(30)10-13(2)25(19)31)22(15)16-6-5-14(29)11-21(16)34-3/h5-7,10-11,17-18,22-23,29H,4,8-9,12H2,1-3H3/t17-,18+,22+,23-/m0/s1. The molecule has 4 atom stereocenters. The lowest BCUT2D eigenvalue weighted by atomic mass is 9.59. The highest BCUT2D eigenvalue weighted by Gasteiger charge is 2.56. The third kappa shape index (κ3) is 3.10. The van der Waals surface area contributed by atoms with E-state index in [9.17, 15) is 24.3 Å². The molecule has 34 heavy (non-hydrogen) atoms. The molecule has 0 aromatic heterocycles. The summed E-state index contributed by atoms with van der Waals surface area (Å²) in [4.78, 5) is 54.3. The van der Waals surface area contributed by atoms with Gasteiger partial charge in [0.05, 0.1) is 18.9 Å². The molecular formula is C27H27NO6. The normalized spacial score (nSPS) is 28.4. The Bertz CT molecular complexity index is 1240. The van der Waals surface area contributed by atoms with Crippen molar-refractivity contribution in [2.45, 2.75) is 39.0 Å². The molecule has 7 nitrogen and oxygen atoms in total. The summed E-state index contributed by atoms with van der Waals surface area (Å²) < 4.78 is 5.55. The molecule has 1 aromatic carbocycles. The molecule has 0 spiro atoms. The van der Waals surface area contributed by atoms with E-state index in [0.717, 1.165) is 5.57 Å². The van der Waals surface area contributed by atoms with Crippen molar-refractivity contribution in [3.05, 3.63) is 58.2 Å². The summed E-state index contributed by atoms with van der Waals surface area (Å²) >= 11 is 0. The van der Waals surface area contributed by atoms with E-state index in [4.69, 9.17) is 4.74 Å². The number of ketones is 2. The van der Waals surface area contributed by atoms with Gasteiger partial charge in [0, 0.05) is 40.8 Å². The summed E-state index contributed by atoms with van der Waals surface area (Å²) in [6, 6.07) is 4.71. The van der Waals surface area contributed by atoms with Crippen LogP contribution in [0.5, 0.6) is 11.5 Å². The maximum absolute atomic E-state index is 13.4. The van der Waals surface area contributed by atoms with Crippen molar-refractivity contribution in [2.24, 2.45) is 17.8 Å². The van der Waals surface area contributed by atoms with Crippen molar-refractivity contribution in [3.8, 4) is 11.5 Å². The number of Topliss-reactive ketones (excluding diaryl/α,β-unsaturated/α-hetero) is 1. The molecule has 0 radical (unpaired) electrons. The van der Waals surface area contributed by atoms with Crippen LogP contribution >= 0.6 is 0 Å². The van der Waals surface area contributed by atoms with E-state index in [-0.39, 0.29) is 41.5 Å². The molecule has 0 saturated carbocycles. The number of fused-ring (bicyclic) bond motifs is 3. The fourth-order valence-corrected chi connectivity index (χ4v) is 6.18. The quantitative estimate of drug-likeness (QED) is 0.420. The summed E-state index contributed by atoms with van der Waals surface area (Å²) in [5.41, 5.74) is 2.72. The minimum atomic E-state index is -0.589. The Labute approximate surface area is 197 Å². The van der Waals surface area contributed by atoms with Gasteiger partial charge in [-0.2, -0.15) is 0 Å². The van der Waals surface area contributed by atoms with Gasteiger partial charge in [0.25, 0.3) is 0 Å². The highest BCUT2D eigenvalue weighted by molar-refractivity contribution is 6.23. The van der Waals surface area contributed by atoms with Crippen LogP contribution in [0.1, 0.15) is 44.6 Å². The predicted molar refractivity (Wildman–Crippen MR) is 123 cm³/mol. The molecule has 1 aromatic rings. The van der Waals surface area contributed by atoms with Gasteiger partial charge in [-0.25, -0.2) is 0 Å². The smallest absolute Gasteiger partial charge is 0.233 e. The molecule has 1 heterocycles. The van der Waals surface area contributed by atoms with Gasteiger partial charge in [0.15, 0.2) is 11.6 Å². The Balaban J connectivity index is 1.70. The largest absolute Gasteiger partial charge is 0.508 e. The molecule has 0 bridgehead atoms. The summed E-state index contributed by atoms with van der Waals surface area (Å²) in [6.45, 7) is 3.94. The number of ether oxygens (including phenoxy) is 1. The highest BCUT2D eigenvalue weighted by atomic mass is 16.5. The van der Waals surface area contributed by atoms with Crippen molar-refractivity contribution in [1.82, 2.24) is 4.90 Å². The Morgan fingerprint density at radius 2 is 1.88 bits per heavy atom. The van der Waals surface area contributed by atoms with Gasteiger partial charge in [-0.15, -0.1) is 0 Å². The number of benzene rings is 1. The minimum absolute atomic E-state index is 0.0217. The molecular weight excluding hydrogens is 434 g/mol. The van der Waals surface area contributed by atoms with Gasteiger partial charge in [-0.3, -0.25) is 24.1 Å². The van der Waals surface area contributed by atoms with Crippen LogP contribution in [0.15, 0.2) is 52.6 Å². The van der Waals surface area contributed by atoms with Crippen molar-refractivity contribution in [3.63, 3.8) is 0 Å². The fraction of sp³-hybridized carbons (Fsp3) is 0.407. The number of aromatic hydroxyl groups is 1. The predicted octanol–water partition coefficient (Wildman–Crippen LogP) is 3.24. The number of carbonyl (C=O) groups excluding carboxylic acids is 4. The summed E-state index contributed by atoms with van der Waals surface area (Å²) in [7, 11) is 1.48. The number of hydrogen-bond donors (Lipinski definition) is 1. The van der Waals surface area contributed by atoms with Crippen molar-refractivity contribution in [2.75, 3.05) is 13.7 Å². The summed E-state index contributed by atoms with van der Waals surface area (Å²) in [5.74, 6) is -2.27. The fourth-order valence-electron chi connectivity index (χ4n) is 6.18. The number of nitrogens with zero attached hydrogens (tertiary/aromatic N) is 1. The van der Waals surface area contributed by atoms with Crippen LogP contribution in [0.2, 0.25) is 0 Å². The van der Waals surface area contributed by atoms with E-state index in [2.05, 4.69) is 0 Å². The second-order valence-corrected chi connectivity index (χ2v) is 9.48.